The molecule has 0 aliphatic rings. The lowest BCUT2D eigenvalue weighted by atomic mass is 10.1. The van der Waals surface area contributed by atoms with E-state index in [1.54, 1.807) is 0 Å². The first kappa shape index (κ1) is 7.81. The molecule has 0 aliphatic carbocycles. The van der Waals surface area contributed by atoms with Crippen LogP contribution >= 0.6 is 0 Å². The standard InChI is InChI=1S/C10H9N3/c11-7-3-6-10-8-4-1-2-5-9(8)12-13-10/h1-2,4-5H,3,6H2,(H,12,13). The Balaban J connectivity index is 2.41. The summed E-state index contributed by atoms with van der Waals surface area (Å²) in [5, 5.41) is 16.7. The number of aryl methyl sites for hydroxylation is 1. The van der Waals surface area contributed by atoms with Gasteiger partial charge in [0.25, 0.3) is 0 Å². The average Bonchev–Trinajstić information content (AvgIpc) is 2.58. The first-order valence-electron chi connectivity index (χ1n) is 4.21. The summed E-state index contributed by atoms with van der Waals surface area (Å²) in [6, 6.07) is 10.0. The van der Waals surface area contributed by atoms with E-state index in [1.165, 1.54) is 0 Å². The van der Waals surface area contributed by atoms with Gasteiger partial charge in [-0.25, -0.2) is 0 Å². The monoisotopic (exact) mass is 171 g/mol. The fourth-order valence-electron chi connectivity index (χ4n) is 1.39. The van der Waals surface area contributed by atoms with Gasteiger partial charge in [0, 0.05) is 23.9 Å². The summed E-state index contributed by atoms with van der Waals surface area (Å²) in [6.07, 6.45) is 1.28. The molecule has 0 spiro atoms. The van der Waals surface area contributed by atoms with E-state index < -0.39 is 0 Å². The van der Waals surface area contributed by atoms with Crippen LogP contribution in [0.25, 0.3) is 10.9 Å². The van der Waals surface area contributed by atoms with E-state index in [4.69, 9.17) is 5.26 Å². The molecule has 3 nitrogen and oxygen atoms in total. The zero-order valence-corrected chi connectivity index (χ0v) is 7.12. The average molecular weight is 171 g/mol. The van der Waals surface area contributed by atoms with E-state index in [2.05, 4.69) is 16.3 Å². The van der Waals surface area contributed by atoms with Crippen LogP contribution in [0.2, 0.25) is 0 Å². The van der Waals surface area contributed by atoms with Crippen LogP contribution in [0, 0.1) is 11.3 Å². The minimum absolute atomic E-state index is 0.534. The van der Waals surface area contributed by atoms with Crippen molar-refractivity contribution in [3.05, 3.63) is 30.0 Å². The molecule has 0 amide bonds. The van der Waals surface area contributed by atoms with E-state index in [-0.39, 0.29) is 0 Å². The Bertz CT molecular complexity index is 450. The highest BCUT2D eigenvalue weighted by molar-refractivity contribution is 5.81. The number of H-pyrrole nitrogens is 1. The van der Waals surface area contributed by atoms with Gasteiger partial charge in [0.15, 0.2) is 0 Å². The Kier molecular flexibility index (Phi) is 1.97. The lowest BCUT2D eigenvalue weighted by Gasteiger charge is -1.91. The summed E-state index contributed by atoms with van der Waals surface area (Å²) < 4.78 is 0. The zero-order chi connectivity index (χ0) is 9.10. The molecule has 0 atom stereocenters. The van der Waals surface area contributed by atoms with E-state index in [0.29, 0.717) is 6.42 Å². The number of aromatic nitrogens is 2. The van der Waals surface area contributed by atoms with Crippen LogP contribution in [-0.4, -0.2) is 10.2 Å². The van der Waals surface area contributed by atoms with E-state index in [9.17, 15) is 0 Å². The maximum Gasteiger partial charge on any atom is 0.0923 e. The molecular formula is C10H9N3. The molecule has 0 bridgehead atoms. The molecule has 0 radical (unpaired) electrons. The second-order valence-corrected chi connectivity index (χ2v) is 2.88. The molecule has 2 rings (SSSR count). The molecule has 1 aromatic carbocycles. The lowest BCUT2D eigenvalue weighted by molar-refractivity contribution is 0.931. The van der Waals surface area contributed by atoms with Gasteiger partial charge in [-0.05, 0) is 6.07 Å². The van der Waals surface area contributed by atoms with Crippen molar-refractivity contribution in [2.24, 2.45) is 0 Å². The number of nitriles is 1. The normalized spacial score (nSPS) is 10.1. The Morgan fingerprint density at radius 3 is 3.08 bits per heavy atom. The highest BCUT2D eigenvalue weighted by atomic mass is 15.1. The smallest absolute Gasteiger partial charge is 0.0923 e. The van der Waals surface area contributed by atoms with Crippen molar-refractivity contribution in [2.75, 3.05) is 0 Å². The molecule has 0 aliphatic heterocycles. The predicted molar refractivity (Wildman–Crippen MR) is 50.0 cm³/mol. The molecule has 64 valence electrons. The van der Waals surface area contributed by atoms with Crippen LogP contribution in [0.1, 0.15) is 12.1 Å². The summed E-state index contributed by atoms with van der Waals surface area (Å²) in [5.74, 6) is 0. The summed E-state index contributed by atoms with van der Waals surface area (Å²) >= 11 is 0. The predicted octanol–water partition coefficient (Wildman–Crippen LogP) is 2.02. The molecule has 0 saturated carbocycles. The highest BCUT2D eigenvalue weighted by Crippen LogP contribution is 2.15. The van der Waals surface area contributed by atoms with Crippen molar-refractivity contribution in [3.8, 4) is 6.07 Å². The zero-order valence-electron chi connectivity index (χ0n) is 7.12. The van der Waals surface area contributed by atoms with Crippen LogP contribution in [0.15, 0.2) is 24.3 Å². The van der Waals surface area contributed by atoms with Gasteiger partial charge in [0.2, 0.25) is 0 Å². The van der Waals surface area contributed by atoms with E-state index >= 15 is 0 Å². The minimum atomic E-state index is 0.534. The van der Waals surface area contributed by atoms with Crippen molar-refractivity contribution in [2.45, 2.75) is 12.8 Å². The summed E-state index contributed by atoms with van der Waals surface area (Å²) in [6.45, 7) is 0. The van der Waals surface area contributed by atoms with Gasteiger partial charge in [-0.1, -0.05) is 18.2 Å². The van der Waals surface area contributed by atoms with E-state index in [1.807, 2.05) is 24.3 Å². The molecule has 1 heterocycles. The molecule has 1 N–H and O–H groups in total. The van der Waals surface area contributed by atoms with Crippen molar-refractivity contribution in [3.63, 3.8) is 0 Å². The third-order valence-electron chi connectivity index (χ3n) is 2.03. The fraction of sp³-hybridized carbons (Fsp3) is 0.200. The third-order valence-corrected chi connectivity index (χ3v) is 2.03. The van der Waals surface area contributed by atoms with Crippen LogP contribution in [0.3, 0.4) is 0 Å². The Morgan fingerprint density at radius 2 is 2.23 bits per heavy atom. The Morgan fingerprint density at radius 1 is 1.38 bits per heavy atom. The van der Waals surface area contributed by atoms with Gasteiger partial charge in [0.1, 0.15) is 0 Å². The van der Waals surface area contributed by atoms with Crippen molar-refractivity contribution in [1.29, 1.82) is 5.26 Å². The first-order valence-corrected chi connectivity index (χ1v) is 4.21. The molecule has 0 saturated heterocycles. The minimum Gasteiger partial charge on any atom is -0.281 e. The molecule has 3 heteroatoms. The summed E-state index contributed by atoms with van der Waals surface area (Å²) in [4.78, 5) is 0. The van der Waals surface area contributed by atoms with Crippen molar-refractivity contribution < 1.29 is 0 Å². The topological polar surface area (TPSA) is 52.5 Å². The SMILES string of the molecule is N#CCCc1[nH]nc2ccccc12. The van der Waals surface area contributed by atoms with Gasteiger partial charge in [-0.3, -0.25) is 5.10 Å². The van der Waals surface area contributed by atoms with Gasteiger partial charge < -0.3 is 0 Å². The van der Waals surface area contributed by atoms with Crippen LogP contribution in [0.5, 0.6) is 0 Å². The lowest BCUT2D eigenvalue weighted by Crippen LogP contribution is -1.83. The number of nitrogens with zero attached hydrogens (tertiary/aromatic N) is 2. The highest BCUT2D eigenvalue weighted by Gasteiger charge is 2.02. The van der Waals surface area contributed by atoms with Crippen LogP contribution < -0.4 is 0 Å². The summed E-state index contributed by atoms with van der Waals surface area (Å²) in [7, 11) is 0. The van der Waals surface area contributed by atoms with Gasteiger partial charge in [0.05, 0.1) is 11.6 Å². The quantitative estimate of drug-likeness (QED) is 0.751. The number of para-hydroxylation sites is 1. The van der Waals surface area contributed by atoms with Gasteiger partial charge in [-0.2, -0.15) is 10.4 Å². The number of hydrogen-bond acceptors (Lipinski definition) is 2. The Labute approximate surface area is 76.0 Å². The second-order valence-electron chi connectivity index (χ2n) is 2.88. The largest absolute Gasteiger partial charge is 0.281 e. The summed E-state index contributed by atoms with van der Waals surface area (Å²) in [5.41, 5.74) is 2.02. The van der Waals surface area contributed by atoms with Crippen molar-refractivity contribution >= 4 is 10.9 Å². The number of rotatable bonds is 2. The van der Waals surface area contributed by atoms with Crippen molar-refractivity contribution in [1.82, 2.24) is 10.2 Å². The molecular weight excluding hydrogens is 162 g/mol. The molecule has 0 unspecified atom stereocenters. The molecule has 2 aromatic rings. The number of aromatic amines is 1. The fourth-order valence-corrected chi connectivity index (χ4v) is 1.39. The van der Waals surface area contributed by atoms with Crippen LogP contribution in [-0.2, 0) is 6.42 Å². The number of benzene rings is 1. The molecule has 1 aromatic heterocycles. The van der Waals surface area contributed by atoms with Crippen LogP contribution in [0.4, 0.5) is 0 Å². The Hall–Kier alpha value is -1.82. The number of fused-ring (bicyclic) bond motifs is 1. The number of hydrogen-bond donors (Lipinski definition) is 1. The van der Waals surface area contributed by atoms with E-state index in [0.717, 1.165) is 23.0 Å². The maximum absolute atomic E-state index is 8.45. The molecule has 0 fully saturated rings. The van der Waals surface area contributed by atoms with Gasteiger partial charge in [-0.15, -0.1) is 0 Å². The maximum atomic E-state index is 8.45. The number of nitrogens with one attached hydrogen (secondary N) is 1. The second kappa shape index (κ2) is 3.28. The first-order chi connectivity index (χ1) is 6.42. The molecule has 13 heavy (non-hydrogen) atoms. The van der Waals surface area contributed by atoms with Gasteiger partial charge >= 0.3 is 0 Å². The third kappa shape index (κ3) is 1.38.